The minimum absolute atomic E-state index is 0. The first-order valence-corrected chi connectivity index (χ1v) is 8.86. The van der Waals surface area contributed by atoms with Crippen molar-refractivity contribution in [3.63, 3.8) is 0 Å². The molecule has 1 saturated heterocycles. The SMILES string of the molecule is CCNC(=NCCc1c[nH]c2ccccc12)N1CCCC(C)C1.I. The van der Waals surface area contributed by atoms with Crippen molar-refractivity contribution in [2.24, 2.45) is 10.9 Å². The van der Waals surface area contributed by atoms with Crippen LogP contribution in [0.2, 0.25) is 0 Å². The van der Waals surface area contributed by atoms with Crippen LogP contribution >= 0.6 is 24.0 Å². The van der Waals surface area contributed by atoms with Gasteiger partial charge < -0.3 is 15.2 Å². The number of aromatic amines is 1. The van der Waals surface area contributed by atoms with Crippen molar-refractivity contribution in [1.82, 2.24) is 15.2 Å². The highest BCUT2D eigenvalue weighted by Gasteiger charge is 2.18. The molecule has 1 atom stereocenters. The average Bonchev–Trinajstić information content (AvgIpc) is 2.97. The second-order valence-electron chi connectivity index (χ2n) is 6.54. The molecule has 24 heavy (non-hydrogen) atoms. The number of rotatable bonds is 4. The van der Waals surface area contributed by atoms with E-state index in [9.17, 15) is 0 Å². The topological polar surface area (TPSA) is 43.4 Å². The van der Waals surface area contributed by atoms with Crippen molar-refractivity contribution in [1.29, 1.82) is 0 Å². The van der Waals surface area contributed by atoms with E-state index in [-0.39, 0.29) is 24.0 Å². The van der Waals surface area contributed by atoms with Gasteiger partial charge in [0.15, 0.2) is 5.96 Å². The van der Waals surface area contributed by atoms with Crippen LogP contribution in [0.4, 0.5) is 0 Å². The molecule has 1 fully saturated rings. The van der Waals surface area contributed by atoms with E-state index < -0.39 is 0 Å². The molecule has 0 saturated carbocycles. The summed E-state index contributed by atoms with van der Waals surface area (Å²) in [6, 6.07) is 8.48. The minimum Gasteiger partial charge on any atom is -0.361 e. The molecule has 1 aromatic carbocycles. The lowest BCUT2D eigenvalue weighted by atomic mass is 10.0. The fraction of sp³-hybridized carbons (Fsp3) is 0.526. The quantitative estimate of drug-likeness (QED) is 0.429. The Morgan fingerprint density at radius 2 is 2.21 bits per heavy atom. The second kappa shape index (κ2) is 9.30. The number of aromatic nitrogens is 1. The number of likely N-dealkylation sites (tertiary alicyclic amines) is 1. The number of nitrogens with zero attached hydrogens (tertiary/aromatic N) is 2. The summed E-state index contributed by atoms with van der Waals surface area (Å²) in [6.07, 6.45) is 5.71. The number of guanidine groups is 1. The number of hydrogen-bond acceptors (Lipinski definition) is 1. The van der Waals surface area contributed by atoms with Gasteiger partial charge in [0.2, 0.25) is 0 Å². The third kappa shape index (κ3) is 4.65. The fourth-order valence-corrected chi connectivity index (χ4v) is 3.43. The predicted molar refractivity (Wildman–Crippen MR) is 113 cm³/mol. The van der Waals surface area contributed by atoms with E-state index >= 15 is 0 Å². The molecule has 0 bridgehead atoms. The molecule has 2 aromatic rings. The van der Waals surface area contributed by atoms with Crippen molar-refractivity contribution < 1.29 is 0 Å². The molecule has 2 heterocycles. The smallest absolute Gasteiger partial charge is 0.193 e. The Morgan fingerprint density at radius 1 is 1.38 bits per heavy atom. The van der Waals surface area contributed by atoms with Gasteiger partial charge in [-0.15, -0.1) is 24.0 Å². The van der Waals surface area contributed by atoms with Crippen LogP contribution in [0.25, 0.3) is 10.9 Å². The molecule has 1 unspecified atom stereocenters. The van der Waals surface area contributed by atoms with Crippen LogP contribution in [-0.2, 0) is 6.42 Å². The first kappa shape index (κ1) is 19.1. The Kier molecular flexibility index (Phi) is 7.40. The van der Waals surface area contributed by atoms with E-state index in [0.717, 1.165) is 44.5 Å². The summed E-state index contributed by atoms with van der Waals surface area (Å²) in [5.41, 5.74) is 2.57. The summed E-state index contributed by atoms with van der Waals surface area (Å²) in [6.45, 7) is 8.48. The number of hydrogen-bond donors (Lipinski definition) is 2. The maximum atomic E-state index is 4.87. The molecule has 0 amide bonds. The lowest BCUT2D eigenvalue weighted by Crippen LogP contribution is -2.46. The van der Waals surface area contributed by atoms with Gasteiger partial charge in [-0.3, -0.25) is 4.99 Å². The highest BCUT2D eigenvalue weighted by molar-refractivity contribution is 14.0. The third-order valence-corrected chi connectivity index (χ3v) is 4.61. The number of fused-ring (bicyclic) bond motifs is 1. The lowest BCUT2D eigenvalue weighted by molar-refractivity contribution is 0.266. The highest BCUT2D eigenvalue weighted by Crippen LogP contribution is 2.18. The Hall–Kier alpha value is -1.24. The fourth-order valence-electron chi connectivity index (χ4n) is 3.43. The van der Waals surface area contributed by atoms with Crippen LogP contribution in [0.5, 0.6) is 0 Å². The number of halogens is 1. The molecule has 1 aromatic heterocycles. The molecule has 5 heteroatoms. The van der Waals surface area contributed by atoms with Gasteiger partial charge in [0.1, 0.15) is 0 Å². The summed E-state index contributed by atoms with van der Waals surface area (Å²) >= 11 is 0. The number of H-pyrrole nitrogens is 1. The van der Waals surface area contributed by atoms with Crippen LogP contribution in [0, 0.1) is 5.92 Å². The van der Waals surface area contributed by atoms with Crippen LogP contribution in [0.15, 0.2) is 35.5 Å². The maximum Gasteiger partial charge on any atom is 0.193 e. The summed E-state index contributed by atoms with van der Waals surface area (Å²) in [4.78, 5) is 10.6. The zero-order chi connectivity index (χ0) is 16.1. The zero-order valence-corrected chi connectivity index (χ0v) is 17.0. The number of para-hydroxylation sites is 1. The average molecular weight is 440 g/mol. The van der Waals surface area contributed by atoms with Gasteiger partial charge >= 0.3 is 0 Å². The second-order valence-corrected chi connectivity index (χ2v) is 6.54. The van der Waals surface area contributed by atoms with E-state index in [1.165, 1.54) is 29.3 Å². The van der Waals surface area contributed by atoms with Gasteiger partial charge in [-0.1, -0.05) is 25.1 Å². The Bertz CT molecular complexity index is 664. The van der Waals surface area contributed by atoms with Gasteiger partial charge in [0.05, 0.1) is 0 Å². The van der Waals surface area contributed by atoms with Crippen LogP contribution in [0.1, 0.15) is 32.3 Å². The van der Waals surface area contributed by atoms with Crippen LogP contribution in [0.3, 0.4) is 0 Å². The summed E-state index contributed by atoms with van der Waals surface area (Å²) in [5, 5.41) is 4.78. The maximum absolute atomic E-state index is 4.87. The monoisotopic (exact) mass is 440 g/mol. The molecule has 2 N–H and O–H groups in total. The van der Waals surface area contributed by atoms with Gasteiger partial charge in [-0.05, 0) is 43.7 Å². The van der Waals surface area contributed by atoms with Crippen molar-refractivity contribution in [3.05, 3.63) is 36.0 Å². The number of benzene rings is 1. The molecular formula is C19H29IN4. The van der Waals surface area contributed by atoms with E-state index in [0.29, 0.717) is 0 Å². The van der Waals surface area contributed by atoms with E-state index in [4.69, 9.17) is 4.99 Å². The molecule has 4 nitrogen and oxygen atoms in total. The number of nitrogens with one attached hydrogen (secondary N) is 2. The van der Waals surface area contributed by atoms with Crippen molar-refractivity contribution in [3.8, 4) is 0 Å². The van der Waals surface area contributed by atoms with Crippen molar-refractivity contribution >= 4 is 40.8 Å². The van der Waals surface area contributed by atoms with Crippen LogP contribution in [-0.4, -0.2) is 42.0 Å². The van der Waals surface area contributed by atoms with Gasteiger partial charge in [0.25, 0.3) is 0 Å². The minimum atomic E-state index is 0. The molecule has 0 aliphatic carbocycles. The normalized spacial score (nSPS) is 18.5. The number of piperidine rings is 1. The zero-order valence-electron chi connectivity index (χ0n) is 14.7. The molecule has 0 radical (unpaired) electrons. The van der Waals surface area contributed by atoms with Crippen molar-refractivity contribution in [2.45, 2.75) is 33.1 Å². The molecule has 0 spiro atoms. The standard InChI is InChI=1S/C19H28N4.HI/c1-3-20-19(23-12-6-7-15(2)14-23)21-11-10-16-13-22-18-9-5-4-8-17(16)18;/h4-5,8-9,13,15,22H,3,6-7,10-12,14H2,1-2H3,(H,20,21);1H. The molecule has 1 aliphatic heterocycles. The summed E-state index contributed by atoms with van der Waals surface area (Å²) in [5.74, 6) is 1.85. The van der Waals surface area contributed by atoms with Gasteiger partial charge in [0, 0.05) is 43.3 Å². The first-order chi connectivity index (χ1) is 11.3. The van der Waals surface area contributed by atoms with Crippen LogP contribution < -0.4 is 5.32 Å². The summed E-state index contributed by atoms with van der Waals surface area (Å²) in [7, 11) is 0. The Balaban J connectivity index is 0.00000208. The molecule has 3 rings (SSSR count). The Labute approximate surface area is 162 Å². The van der Waals surface area contributed by atoms with Gasteiger partial charge in [-0.25, -0.2) is 0 Å². The van der Waals surface area contributed by atoms with Gasteiger partial charge in [-0.2, -0.15) is 0 Å². The lowest BCUT2D eigenvalue weighted by Gasteiger charge is -2.33. The number of aliphatic imine (C=N–C) groups is 1. The largest absolute Gasteiger partial charge is 0.361 e. The molecule has 1 aliphatic rings. The van der Waals surface area contributed by atoms with E-state index in [1.807, 2.05) is 0 Å². The van der Waals surface area contributed by atoms with E-state index in [1.54, 1.807) is 0 Å². The highest BCUT2D eigenvalue weighted by atomic mass is 127. The molecule has 132 valence electrons. The Morgan fingerprint density at radius 3 is 3.00 bits per heavy atom. The first-order valence-electron chi connectivity index (χ1n) is 8.86. The predicted octanol–water partition coefficient (Wildman–Crippen LogP) is 4.03. The molecular weight excluding hydrogens is 411 g/mol. The van der Waals surface area contributed by atoms with E-state index in [2.05, 4.69) is 59.5 Å². The third-order valence-electron chi connectivity index (χ3n) is 4.61. The summed E-state index contributed by atoms with van der Waals surface area (Å²) < 4.78 is 0. The van der Waals surface area contributed by atoms with Crippen molar-refractivity contribution in [2.75, 3.05) is 26.2 Å².